The van der Waals surface area contributed by atoms with Gasteiger partial charge in [0.1, 0.15) is 0 Å². The van der Waals surface area contributed by atoms with Crippen molar-refractivity contribution in [3.63, 3.8) is 0 Å². The average Bonchev–Trinajstić information content (AvgIpc) is 3.08. The predicted octanol–water partition coefficient (Wildman–Crippen LogP) is 1.23. The summed E-state index contributed by atoms with van der Waals surface area (Å²) in [5.41, 5.74) is -0.0196. The van der Waals surface area contributed by atoms with Gasteiger partial charge in [0.15, 0.2) is 5.03 Å². The molecule has 0 bridgehead atoms. The Hall–Kier alpha value is -1.18. The number of sulfonamides is 1. The first-order valence-corrected chi connectivity index (χ1v) is 9.26. The summed E-state index contributed by atoms with van der Waals surface area (Å²) in [6.45, 7) is 6.85. The second-order valence-corrected chi connectivity index (χ2v) is 8.27. The number of aryl methyl sites for hydroxylation is 1. The van der Waals surface area contributed by atoms with E-state index >= 15 is 0 Å². The van der Waals surface area contributed by atoms with Crippen molar-refractivity contribution in [3.8, 4) is 0 Å². The normalized spacial score (nSPS) is 27.5. The van der Waals surface area contributed by atoms with Gasteiger partial charge in [0.25, 0.3) is 10.0 Å². The largest absolute Gasteiger partial charge is 0.339 e. The third kappa shape index (κ3) is 2.61. The number of nitrogens with zero attached hydrogens (tertiary/aromatic N) is 4. The lowest BCUT2D eigenvalue weighted by Crippen LogP contribution is -2.56. The van der Waals surface area contributed by atoms with Crippen molar-refractivity contribution in [1.82, 2.24) is 18.8 Å². The fraction of sp³-hybridized carbons (Fsp3) is 0.667. The van der Waals surface area contributed by atoms with E-state index in [1.807, 2.05) is 6.08 Å². The van der Waals surface area contributed by atoms with Crippen LogP contribution in [0.25, 0.3) is 0 Å². The van der Waals surface area contributed by atoms with Crippen LogP contribution in [-0.4, -0.2) is 58.9 Å². The molecule has 2 aliphatic rings. The Labute approximate surface area is 132 Å². The number of piperidine rings is 1. The first-order valence-electron chi connectivity index (χ1n) is 7.82. The number of imidazole rings is 1. The van der Waals surface area contributed by atoms with Crippen LogP contribution >= 0.6 is 0 Å². The molecule has 3 heterocycles. The first-order chi connectivity index (χ1) is 10.5. The zero-order valence-electron chi connectivity index (χ0n) is 13.1. The summed E-state index contributed by atoms with van der Waals surface area (Å²) < 4.78 is 28.9. The Bertz CT molecular complexity index is 654. The second kappa shape index (κ2) is 5.79. The van der Waals surface area contributed by atoms with Crippen molar-refractivity contribution in [3.05, 3.63) is 25.2 Å². The minimum Gasteiger partial charge on any atom is -0.339 e. The van der Waals surface area contributed by atoms with E-state index in [0.717, 1.165) is 38.8 Å². The molecule has 1 atom stereocenters. The Morgan fingerprint density at radius 1 is 1.36 bits per heavy atom. The molecule has 0 saturated carbocycles. The Kier molecular flexibility index (Phi) is 4.13. The van der Waals surface area contributed by atoms with E-state index in [9.17, 15) is 8.42 Å². The second-order valence-electron chi connectivity index (χ2n) is 6.38. The summed E-state index contributed by atoms with van der Waals surface area (Å²) in [4.78, 5) is 6.44. The fourth-order valence-electron chi connectivity index (χ4n) is 3.83. The van der Waals surface area contributed by atoms with E-state index in [1.54, 1.807) is 22.1 Å². The maximum Gasteiger partial charge on any atom is 0.262 e. The van der Waals surface area contributed by atoms with Crippen molar-refractivity contribution < 1.29 is 8.42 Å². The highest BCUT2D eigenvalue weighted by Gasteiger charge is 2.46. The van der Waals surface area contributed by atoms with Crippen LogP contribution in [0.2, 0.25) is 0 Å². The molecule has 6 nitrogen and oxygen atoms in total. The van der Waals surface area contributed by atoms with Crippen LogP contribution < -0.4 is 0 Å². The summed E-state index contributed by atoms with van der Waals surface area (Å²) in [5, 5.41) is 0.153. The van der Waals surface area contributed by atoms with Crippen molar-refractivity contribution in [2.75, 3.05) is 26.2 Å². The van der Waals surface area contributed by atoms with Crippen molar-refractivity contribution in [2.24, 2.45) is 7.05 Å². The zero-order chi connectivity index (χ0) is 15.8. The molecule has 7 heteroatoms. The van der Waals surface area contributed by atoms with Gasteiger partial charge in [-0.1, -0.05) is 6.08 Å². The number of rotatable bonds is 4. The van der Waals surface area contributed by atoms with Crippen LogP contribution in [0.1, 0.15) is 25.7 Å². The molecule has 0 aromatic carbocycles. The SMILES string of the molecule is C=CCN1CCCC12CCCN(S(=O)(=O)c1cn(C)cn1)C2. The summed E-state index contributed by atoms with van der Waals surface area (Å²) in [6.07, 6.45) is 9.19. The van der Waals surface area contributed by atoms with Gasteiger partial charge in [-0.3, -0.25) is 4.90 Å². The topological polar surface area (TPSA) is 58.4 Å². The van der Waals surface area contributed by atoms with Gasteiger partial charge >= 0.3 is 0 Å². The minimum absolute atomic E-state index is 0.0196. The molecule has 3 rings (SSSR count). The third-order valence-electron chi connectivity index (χ3n) is 4.90. The van der Waals surface area contributed by atoms with Crippen molar-refractivity contribution in [1.29, 1.82) is 0 Å². The van der Waals surface area contributed by atoms with Gasteiger partial charge in [-0.05, 0) is 32.2 Å². The van der Waals surface area contributed by atoms with Gasteiger partial charge in [-0.25, -0.2) is 13.4 Å². The van der Waals surface area contributed by atoms with E-state index in [2.05, 4.69) is 16.5 Å². The predicted molar refractivity (Wildman–Crippen MR) is 84.9 cm³/mol. The standard InChI is InChI=1S/C15H24N4O2S/c1-3-8-18-9-4-6-15(18)7-5-10-19(12-15)22(20,21)14-11-17(2)13-16-14/h3,11,13H,1,4-10,12H2,2H3. The third-order valence-corrected chi connectivity index (χ3v) is 6.63. The Balaban J connectivity index is 1.85. The quantitative estimate of drug-likeness (QED) is 0.782. The highest BCUT2D eigenvalue weighted by Crippen LogP contribution is 2.38. The highest BCUT2D eigenvalue weighted by atomic mass is 32.2. The summed E-state index contributed by atoms with van der Waals surface area (Å²) in [7, 11) is -1.71. The monoisotopic (exact) mass is 324 g/mol. The smallest absolute Gasteiger partial charge is 0.262 e. The van der Waals surface area contributed by atoms with Crippen LogP contribution in [0, 0.1) is 0 Å². The molecule has 0 aliphatic carbocycles. The molecule has 2 fully saturated rings. The maximum atomic E-state index is 12.8. The van der Waals surface area contributed by atoms with Crippen LogP contribution in [-0.2, 0) is 17.1 Å². The first kappa shape index (κ1) is 15.7. The molecule has 2 saturated heterocycles. The van der Waals surface area contributed by atoms with Crippen LogP contribution in [0.4, 0.5) is 0 Å². The van der Waals surface area contributed by atoms with Gasteiger partial charge in [-0.2, -0.15) is 4.31 Å². The van der Waals surface area contributed by atoms with Crippen molar-refractivity contribution >= 4 is 10.0 Å². The molecule has 1 aromatic heterocycles. The number of hydrogen-bond donors (Lipinski definition) is 0. The number of likely N-dealkylation sites (tertiary alicyclic amines) is 1. The zero-order valence-corrected chi connectivity index (χ0v) is 13.9. The molecule has 0 radical (unpaired) electrons. The Morgan fingerprint density at radius 3 is 2.73 bits per heavy atom. The van der Waals surface area contributed by atoms with E-state index < -0.39 is 10.0 Å². The van der Waals surface area contributed by atoms with E-state index in [1.165, 1.54) is 6.33 Å². The lowest BCUT2D eigenvalue weighted by atomic mass is 9.87. The lowest BCUT2D eigenvalue weighted by Gasteiger charge is -2.45. The van der Waals surface area contributed by atoms with Gasteiger partial charge < -0.3 is 4.57 Å². The molecule has 1 unspecified atom stereocenters. The van der Waals surface area contributed by atoms with Crippen LogP contribution in [0.5, 0.6) is 0 Å². The van der Waals surface area contributed by atoms with Gasteiger partial charge in [-0.15, -0.1) is 6.58 Å². The molecule has 0 N–H and O–H groups in total. The van der Waals surface area contributed by atoms with Crippen LogP contribution in [0.15, 0.2) is 30.2 Å². The molecule has 122 valence electrons. The van der Waals surface area contributed by atoms with Gasteiger partial charge in [0, 0.05) is 38.4 Å². The average molecular weight is 324 g/mol. The van der Waals surface area contributed by atoms with Gasteiger partial charge in [0.05, 0.1) is 6.33 Å². The molecule has 1 aromatic rings. The number of hydrogen-bond acceptors (Lipinski definition) is 4. The molecular formula is C15H24N4O2S. The van der Waals surface area contributed by atoms with Crippen LogP contribution in [0.3, 0.4) is 0 Å². The lowest BCUT2D eigenvalue weighted by molar-refractivity contribution is 0.0840. The summed E-state index contributed by atoms with van der Waals surface area (Å²) in [6, 6.07) is 0. The fourth-order valence-corrected chi connectivity index (χ4v) is 5.35. The van der Waals surface area contributed by atoms with E-state index in [0.29, 0.717) is 13.1 Å². The number of aromatic nitrogens is 2. The van der Waals surface area contributed by atoms with E-state index in [-0.39, 0.29) is 10.6 Å². The minimum atomic E-state index is -3.49. The highest BCUT2D eigenvalue weighted by molar-refractivity contribution is 7.89. The van der Waals surface area contributed by atoms with Gasteiger partial charge in [0.2, 0.25) is 0 Å². The van der Waals surface area contributed by atoms with Crippen molar-refractivity contribution in [2.45, 2.75) is 36.2 Å². The Morgan fingerprint density at radius 2 is 2.09 bits per heavy atom. The molecule has 1 spiro atoms. The summed E-state index contributed by atoms with van der Waals surface area (Å²) >= 11 is 0. The molecule has 22 heavy (non-hydrogen) atoms. The summed E-state index contributed by atoms with van der Waals surface area (Å²) in [5.74, 6) is 0. The van der Waals surface area contributed by atoms with E-state index in [4.69, 9.17) is 0 Å². The molecule has 0 amide bonds. The maximum absolute atomic E-state index is 12.8. The molecular weight excluding hydrogens is 300 g/mol. The molecule has 2 aliphatic heterocycles.